The number of benzene rings is 2. The number of hydrogen-bond acceptors (Lipinski definition) is 6. The monoisotopic (exact) mass is 488 g/mol. The fourth-order valence-electron chi connectivity index (χ4n) is 3.72. The number of hydrogen-bond donors (Lipinski definition) is 3. The third-order valence-corrected chi connectivity index (χ3v) is 8.17. The van der Waals surface area contributed by atoms with E-state index in [9.17, 15) is 22.8 Å². The lowest BCUT2D eigenvalue weighted by Crippen LogP contribution is -2.52. The number of aliphatic carboxylic acids is 1. The summed E-state index contributed by atoms with van der Waals surface area (Å²) in [5.41, 5.74) is 4.14. The Kier molecular flexibility index (Phi) is 7.30. The SMILES string of the molecule is CC(C)(CNC(=O)C(CC(=O)O)NC(=O)OCC1c2ccccc2-c2ccccc21)S(C)(=O)=O. The van der Waals surface area contributed by atoms with Crippen LogP contribution in [0, 0.1) is 0 Å². The van der Waals surface area contributed by atoms with Crippen LogP contribution in [0.2, 0.25) is 0 Å². The zero-order valence-corrected chi connectivity index (χ0v) is 20.0. The molecule has 0 aromatic heterocycles. The molecule has 2 aromatic rings. The number of nitrogens with one attached hydrogen (secondary N) is 2. The first-order chi connectivity index (χ1) is 15.9. The molecular weight excluding hydrogens is 460 g/mol. The van der Waals surface area contributed by atoms with E-state index in [0.29, 0.717) is 0 Å². The Bertz CT molecular complexity index is 1160. The van der Waals surface area contributed by atoms with Crippen molar-refractivity contribution in [3.8, 4) is 11.1 Å². The van der Waals surface area contributed by atoms with Crippen molar-refractivity contribution in [3.63, 3.8) is 0 Å². The Labute approximate surface area is 198 Å². The van der Waals surface area contributed by atoms with Gasteiger partial charge in [-0.25, -0.2) is 13.2 Å². The number of carboxylic acid groups (broad SMARTS) is 1. The van der Waals surface area contributed by atoms with Crippen LogP contribution in [0.25, 0.3) is 11.1 Å². The van der Waals surface area contributed by atoms with Gasteiger partial charge in [0.05, 0.1) is 11.2 Å². The van der Waals surface area contributed by atoms with Crippen molar-refractivity contribution < 1.29 is 32.6 Å². The summed E-state index contributed by atoms with van der Waals surface area (Å²) in [6.07, 6.45) is -0.580. The lowest BCUT2D eigenvalue weighted by molar-refractivity contribution is -0.139. The average Bonchev–Trinajstić information content (AvgIpc) is 3.08. The molecule has 2 aromatic carbocycles. The van der Waals surface area contributed by atoms with Crippen molar-refractivity contribution in [2.75, 3.05) is 19.4 Å². The number of rotatable bonds is 9. The third kappa shape index (κ3) is 5.56. The zero-order chi connectivity index (χ0) is 25.1. The van der Waals surface area contributed by atoms with Gasteiger partial charge in [-0.15, -0.1) is 0 Å². The largest absolute Gasteiger partial charge is 0.481 e. The predicted molar refractivity (Wildman–Crippen MR) is 126 cm³/mol. The van der Waals surface area contributed by atoms with Crippen molar-refractivity contribution in [1.82, 2.24) is 10.6 Å². The molecule has 0 radical (unpaired) electrons. The summed E-state index contributed by atoms with van der Waals surface area (Å²) < 4.78 is 27.8. The van der Waals surface area contributed by atoms with E-state index >= 15 is 0 Å². The van der Waals surface area contributed by atoms with Crippen molar-refractivity contribution >= 4 is 27.8 Å². The summed E-state index contributed by atoms with van der Waals surface area (Å²) >= 11 is 0. The molecule has 1 atom stereocenters. The summed E-state index contributed by atoms with van der Waals surface area (Å²) in [4.78, 5) is 36.2. The molecule has 0 saturated carbocycles. The van der Waals surface area contributed by atoms with Gasteiger partial charge in [0.2, 0.25) is 5.91 Å². The topological polar surface area (TPSA) is 139 Å². The van der Waals surface area contributed by atoms with E-state index in [0.717, 1.165) is 28.5 Å². The molecule has 0 spiro atoms. The summed E-state index contributed by atoms with van der Waals surface area (Å²) in [5, 5.41) is 13.9. The number of carbonyl (C=O) groups is 3. The first kappa shape index (κ1) is 25.2. The van der Waals surface area contributed by atoms with Crippen LogP contribution in [-0.2, 0) is 24.2 Å². The van der Waals surface area contributed by atoms with Crippen LogP contribution in [0.15, 0.2) is 48.5 Å². The number of carboxylic acids is 1. The van der Waals surface area contributed by atoms with Crippen LogP contribution >= 0.6 is 0 Å². The molecule has 10 heteroatoms. The van der Waals surface area contributed by atoms with Gasteiger partial charge < -0.3 is 20.5 Å². The molecule has 0 heterocycles. The Morgan fingerprint density at radius 1 is 1.03 bits per heavy atom. The molecule has 1 aliphatic rings. The van der Waals surface area contributed by atoms with Crippen LogP contribution in [0.4, 0.5) is 4.79 Å². The van der Waals surface area contributed by atoms with Gasteiger partial charge >= 0.3 is 12.1 Å². The molecule has 0 saturated heterocycles. The molecule has 2 amide bonds. The number of sulfone groups is 1. The van der Waals surface area contributed by atoms with Gasteiger partial charge in [-0.05, 0) is 36.1 Å². The minimum atomic E-state index is -3.48. The van der Waals surface area contributed by atoms with Gasteiger partial charge in [0.15, 0.2) is 9.84 Å². The highest BCUT2D eigenvalue weighted by Gasteiger charge is 2.33. The zero-order valence-electron chi connectivity index (χ0n) is 19.2. The van der Waals surface area contributed by atoms with Gasteiger partial charge in [0.25, 0.3) is 0 Å². The van der Waals surface area contributed by atoms with Crippen LogP contribution < -0.4 is 10.6 Å². The van der Waals surface area contributed by atoms with E-state index in [4.69, 9.17) is 9.84 Å². The van der Waals surface area contributed by atoms with Crippen molar-refractivity contribution in [2.24, 2.45) is 0 Å². The van der Waals surface area contributed by atoms with E-state index in [1.54, 1.807) is 0 Å². The first-order valence-corrected chi connectivity index (χ1v) is 12.6. The van der Waals surface area contributed by atoms with Gasteiger partial charge in [-0.2, -0.15) is 0 Å². The van der Waals surface area contributed by atoms with Gasteiger partial charge in [0, 0.05) is 18.7 Å². The van der Waals surface area contributed by atoms with Crippen molar-refractivity contribution in [1.29, 1.82) is 0 Å². The fourth-order valence-corrected chi connectivity index (χ4v) is 4.05. The molecule has 0 aliphatic heterocycles. The van der Waals surface area contributed by atoms with Gasteiger partial charge in [-0.1, -0.05) is 48.5 Å². The Balaban J connectivity index is 1.65. The maximum atomic E-state index is 12.5. The van der Waals surface area contributed by atoms with Crippen LogP contribution in [-0.4, -0.2) is 61.7 Å². The summed E-state index contributed by atoms with van der Waals surface area (Å²) in [6, 6.07) is 14.2. The Hall–Kier alpha value is -3.40. The molecule has 3 N–H and O–H groups in total. The Morgan fingerprint density at radius 3 is 2.06 bits per heavy atom. The molecule has 0 fully saturated rings. The molecule has 0 bridgehead atoms. The van der Waals surface area contributed by atoms with Crippen LogP contribution in [0.1, 0.15) is 37.3 Å². The van der Waals surface area contributed by atoms with Crippen molar-refractivity contribution in [3.05, 3.63) is 59.7 Å². The standard InChI is InChI=1S/C24H28N2O7S/c1-24(2,34(3,31)32)14-25-22(29)20(12-21(27)28)26-23(30)33-13-19-17-10-6-4-8-15(17)16-9-5-7-11-18(16)19/h4-11,19-20H,12-14H2,1-3H3,(H,25,29)(H,26,30)(H,27,28). The Morgan fingerprint density at radius 2 is 1.56 bits per heavy atom. The van der Waals surface area contributed by atoms with E-state index in [1.165, 1.54) is 13.8 Å². The lowest BCUT2D eigenvalue weighted by Gasteiger charge is -2.24. The summed E-state index contributed by atoms with van der Waals surface area (Å²) in [5.74, 6) is -2.31. The summed E-state index contributed by atoms with van der Waals surface area (Å²) in [7, 11) is -3.48. The number of ether oxygens (including phenoxy) is 1. The second-order valence-electron chi connectivity index (χ2n) is 8.87. The predicted octanol–water partition coefficient (Wildman–Crippen LogP) is 2.31. The first-order valence-electron chi connectivity index (χ1n) is 10.7. The normalized spacial score (nSPS) is 14.0. The number of carbonyl (C=O) groups excluding carboxylic acids is 2. The molecule has 1 unspecified atom stereocenters. The van der Waals surface area contributed by atoms with E-state index < -0.39 is 45.0 Å². The molecule has 9 nitrogen and oxygen atoms in total. The third-order valence-electron chi connectivity index (χ3n) is 6.02. The minimum absolute atomic E-state index is 0.00236. The highest BCUT2D eigenvalue weighted by molar-refractivity contribution is 7.92. The fraction of sp³-hybridized carbons (Fsp3) is 0.375. The van der Waals surface area contributed by atoms with Crippen LogP contribution in [0.5, 0.6) is 0 Å². The summed E-state index contributed by atoms with van der Waals surface area (Å²) in [6.45, 7) is 2.64. The highest BCUT2D eigenvalue weighted by atomic mass is 32.2. The maximum absolute atomic E-state index is 12.5. The lowest BCUT2D eigenvalue weighted by atomic mass is 9.98. The molecule has 182 valence electrons. The quantitative estimate of drug-likeness (QED) is 0.492. The molecule has 1 aliphatic carbocycles. The molecule has 3 rings (SSSR count). The maximum Gasteiger partial charge on any atom is 0.407 e. The van der Waals surface area contributed by atoms with E-state index in [2.05, 4.69) is 10.6 Å². The average molecular weight is 489 g/mol. The van der Waals surface area contributed by atoms with E-state index in [1.807, 2.05) is 48.5 Å². The van der Waals surface area contributed by atoms with Gasteiger partial charge in [-0.3, -0.25) is 9.59 Å². The second-order valence-corrected chi connectivity index (χ2v) is 11.5. The second kappa shape index (κ2) is 9.84. The van der Waals surface area contributed by atoms with E-state index in [-0.39, 0.29) is 19.1 Å². The number of alkyl carbamates (subject to hydrolysis) is 1. The van der Waals surface area contributed by atoms with Crippen LogP contribution in [0.3, 0.4) is 0 Å². The minimum Gasteiger partial charge on any atom is -0.481 e. The smallest absolute Gasteiger partial charge is 0.407 e. The molecular formula is C24H28N2O7S. The number of fused-ring (bicyclic) bond motifs is 3. The molecule has 34 heavy (non-hydrogen) atoms. The van der Waals surface area contributed by atoms with Crippen molar-refractivity contribution in [2.45, 2.75) is 37.0 Å². The van der Waals surface area contributed by atoms with Gasteiger partial charge in [0.1, 0.15) is 12.6 Å². The highest BCUT2D eigenvalue weighted by Crippen LogP contribution is 2.44. The number of amides is 2.